The van der Waals surface area contributed by atoms with Crippen LogP contribution in [0.25, 0.3) is 11.3 Å². The van der Waals surface area contributed by atoms with Crippen molar-refractivity contribution < 1.29 is 4.92 Å². The van der Waals surface area contributed by atoms with Crippen LogP contribution in [0.3, 0.4) is 0 Å². The molecule has 1 heterocycles. The zero-order valence-electron chi connectivity index (χ0n) is 17.6. The molecule has 158 valence electrons. The Morgan fingerprint density at radius 1 is 1.13 bits per heavy atom. The summed E-state index contributed by atoms with van der Waals surface area (Å²) in [6, 6.07) is 12.7. The maximum Gasteiger partial charge on any atom is 0.269 e. The molecule has 0 fully saturated rings. The van der Waals surface area contributed by atoms with Crippen molar-refractivity contribution in [1.29, 1.82) is 0 Å². The lowest BCUT2D eigenvalue weighted by atomic mass is 9.96. The first-order valence-corrected chi connectivity index (χ1v) is 11.2. The smallest absolute Gasteiger partial charge is 0.258 e. The molecule has 0 radical (unpaired) electrons. The summed E-state index contributed by atoms with van der Waals surface area (Å²) in [7, 11) is 0. The molecule has 1 aliphatic carbocycles. The number of aryl methyl sites for hydroxylation is 2. The van der Waals surface area contributed by atoms with Crippen molar-refractivity contribution in [3.63, 3.8) is 0 Å². The molecule has 0 amide bonds. The molecule has 0 saturated carbocycles. The van der Waals surface area contributed by atoms with Crippen LogP contribution < -0.4 is 4.80 Å². The average molecular weight is 433 g/mol. The van der Waals surface area contributed by atoms with Gasteiger partial charge in [-0.3, -0.25) is 10.1 Å². The number of benzene rings is 2. The van der Waals surface area contributed by atoms with Gasteiger partial charge in [0.2, 0.25) is 4.80 Å². The van der Waals surface area contributed by atoms with E-state index >= 15 is 0 Å². The molecule has 0 spiro atoms. The second kappa shape index (κ2) is 9.22. The normalized spacial score (nSPS) is 16.8. The van der Waals surface area contributed by atoms with Crippen molar-refractivity contribution in [3.05, 3.63) is 86.0 Å². The molecule has 0 N–H and O–H groups in total. The van der Waals surface area contributed by atoms with Crippen molar-refractivity contribution in [1.82, 2.24) is 4.68 Å². The topological polar surface area (TPSA) is 72.8 Å². The number of hydrogen-bond donors (Lipinski definition) is 0. The second-order valence-electron chi connectivity index (χ2n) is 7.71. The summed E-state index contributed by atoms with van der Waals surface area (Å²) in [6.45, 7) is 4.16. The van der Waals surface area contributed by atoms with E-state index in [0.717, 1.165) is 41.0 Å². The molecule has 1 atom stereocenters. The van der Waals surface area contributed by atoms with E-state index in [0.29, 0.717) is 5.92 Å². The van der Waals surface area contributed by atoms with Crippen LogP contribution in [-0.4, -0.2) is 15.8 Å². The minimum atomic E-state index is -0.388. The van der Waals surface area contributed by atoms with Crippen molar-refractivity contribution in [3.8, 4) is 11.3 Å². The zero-order valence-corrected chi connectivity index (χ0v) is 18.4. The van der Waals surface area contributed by atoms with Gasteiger partial charge in [-0.2, -0.15) is 5.10 Å². The predicted octanol–water partition coefficient (Wildman–Crippen LogP) is 6.16. The number of nitrogens with zero attached hydrogens (tertiary/aromatic N) is 4. The number of non-ortho nitro benzene ring substituents is 1. The van der Waals surface area contributed by atoms with Crippen molar-refractivity contribution in [2.45, 2.75) is 33.1 Å². The quantitative estimate of drug-likeness (QED) is 0.209. The van der Waals surface area contributed by atoms with Crippen molar-refractivity contribution in [2.75, 3.05) is 0 Å². The number of hydrogen-bond acceptors (Lipinski definition) is 5. The van der Waals surface area contributed by atoms with Gasteiger partial charge in [0.15, 0.2) is 0 Å². The summed E-state index contributed by atoms with van der Waals surface area (Å²) in [5, 5.41) is 17.8. The van der Waals surface area contributed by atoms with E-state index in [1.165, 1.54) is 34.6 Å². The number of thiazole rings is 1. The van der Waals surface area contributed by atoms with E-state index < -0.39 is 0 Å². The Morgan fingerprint density at radius 2 is 1.94 bits per heavy atom. The molecule has 1 unspecified atom stereocenters. The molecule has 2 aromatic carbocycles. The van der Waals surface area contributed by atoms with Gasteiger partial charge in [-0.05, 0) is 74.4 Å². The van der Waals surface area contributed by atoms with Crippen LogP contribution in [0, 0.1) is 29.9 Å². The van der Waals surface area contributed by atoms with Gasteiger partial charge in [0.25, 0.3) is 5.69 Å². The molecule has 1 aliphatic rings. The molecule has 4 rings (SSSR count). The minimum absolute atomic E-state index is 0.0723. The standard InChI is InChI=1S/C24H24N4O2S/c1-17-8-11-21(14-18(17)2)26-24-27(25-15-19-6-4-3-5-7-19)23(16-31-24)20-9-12-22(13-10-20)28(29)30/h3-4,8-16,19H,5-7H2,1-2H3. The largest absolute Gasteiger partial charge is 0.269 e. The number of aromatic nitrogens is 1. The first kappa shape index (κ1) is 20.9. The van der Waals surface area contributed by atoms with Crippen LogP contribution in [0.1, 0.15) is 30.4 Å². The van der Waals surface area contributed by atoms with Gasteiger partial charge >= 0.3 is 0 Å². The Labute approximate surface area is 185 Å². The van der Waals surface area contributed by atoms with Gasteiger partial charge in [-0.25, -0.2) is 9.67 Å². The van der Waals surface area contributed by atoms with E-state index in [1.54, 1.807) is 12.1 Å². The van der Waals surface area contributed by atoms with Gasteiger partial charge in [-0.15, -0.1) is 11.3 Å². The highest BCUT2D eigenvalue weighted by atomic mass is 32.1. The van der Waals surface area contributed by atoms with Crippen LogP contribution in [0.5, 0.6) is 0 Å². The molecule has 0 saturated heterocycles. The number of rotatable bonds is 5. The Balaban J connectivity index is 1.78. The Morgan fingerprint density at radius 3 is 2.61 bits per heavy atom. The van der Waals surface area contributed by atoms with Crippen LogP contribution in [0.2, 0.25) is 0 Å². The highest BCUT2D eigenvalue weighted by Gasteiger charge is 2.12. The third kappa shape index (κ3) is 4.88. The van der Waals surface area contributed by atoms with Gasteiger partial charge in [0.1, 0.15) is 0 Å². The summed E-state index contributed by atoms with van der Waals surface area (Å²) in [6.07, 6.45) is 9.57. The summed E-state index contributed by atoms with van der Waals surface area (Å²) >= 11 is 1.51. The molecule has 31 heavy (non-hydrogen) atoms. The number of nitro groups is 1. The lowest BCUT2D eigenvalue weighted by molar-refractivity contribution is -0.384. The SMILES string of the molecule is Cc1ccc(N=c2scc(-c3ccc([N+](=O)[O-])cc3)n2N=CC2CC=CCC2)cc1C. The Kier molecular flexibility index (Phi) is 6.23. The lowest BCUT2D eigenvalue weighted by Crippen LogP contribution is -2.13. The maximum atomic E-state index is 11.0. The van der Waals surface area contributed by atoms with E-state index in [-0.39, 0.29) is 10.6 Å². The Hall–Kier alpha value is -3.32. The monoisotopic (exact) mass is 432 g/mol. The van der Waals surface area contributed by atoms with Crippen molar-refractivity contribution in [2.24, 2.45) is 16.0 Å². The van der Waals surface area contributed by atoms with Gasteiger partial charge in [-0.1, -0.05) is 18.2 Å². The number of nitro benzene ring substituents is 1. The highest BCUT2D eigenvalue weighted by Crippen LogP contribution is 2.24. The van der Waals surface area contributed by atoms with E-state index in [1.807, 2.05) is 22.3 Å². The van der Waals surface area contributed by atoms with Crippen LogP contribution in [0.15, 0.2) is 70.1 Å². The predicted molar refractivity (Wildman–Crippen MR) is 126 cm³/mol. The fraction of sp³-hybridized carbons (Fsp3) is 0.250. The summed E-state index contributed by atoms with van der Waals surface area (Å²) < 4.78 is 1.85. The Bertz CT molecular complexity index is 1220. The first-order valence-electron chi connectivity index (χ1n) is 10.3. The minimum Gasteiger partial charge on any atom is -0.258 e. The number of allylic oxidation sites excluding steroid dienone is 2. The summed E-state index contributed by atoms with van der Waals surface area (Å²) in [4.78, 5) is 16.2. The van der Waals surface area contributed by atoms with Crippen LogP contribution in [-0.2, 0) is 0 Å². The third-order valence-electron chi connectivity index (χ3n) is 5.48. The zero-order chi connectivity index (χ0) is 21.8. The van der Waals surface area contributed by atoms with Gasteiger partial charge < -0.3 is 0 Å². The van der Waals surface area contributed by atoms with Crippen LogP contribution >= 0.6 is 11.3 Å². The van der Waals surface area contributed by atoms with Gasteiger partial charge in [0.05, 0.1) is 16.3 Å². The first-order chi connectivity index (χ1) is 15.0. The fourth-order valence-corrected chi connectivity index (χ4v) is 4.32. The fourth-order valence-electron chi connectivity index (χ4n) is 3.46. The maximum absolute atomic E-state index is 11.0. The molecule has 0 bridgehead atoms. The third-order valence-corrected chi connectivity index (χ3v) is 6.29. The van der Waals surface area contributed by atoms with E-state index in [9.17, 15) is 10.1 Å². The lowest BCUT2D eigenvalue weighted by Gasteiger charge is -2.12. The molecule has 6 nitrogen and oxygen atoms in total. The molecular formula is C24H24N4O2S. The molecule has 0 aliphatic heterocycles. The van der Waals surface area contributed by atoms with Crippen LogP contribution in [0.4, 0.5) is 11.4 Å². The average Bonchev–Trinajstić information content (AvgIpc) is 3.18. The summed E-state index contributed by atoms with van der Waals surface area (Å²) in [5.41, 5.74) is 5.10. The highest BCUT2D eigenvalue weighted by molar-refractivity contribution is 7.07. The molecule has 7 heteroatoms. The molecule has 3 aromatic rings. The van der Waals surface area contributed by atoms with Crippen molar-refractivity contribution >= 4 is 28.9 Å². The molecule has 1 aromatic heterocycles. The van der Waals surface area contributed by atoms with E-state index in [4.69, 9.17) is 10.1 Å². The summed E-state index contributed by atoms with van der Waals surface area (Å²) in [5.74, 6) is 0.400. The van der Waals surface area contributed by atoms with E-state index in [2.05, 4.69) is 38.1 Å². The van der Waals surface area contributed by atoms with Gasteiger partial charge in [0, 0.05) is 29.3 Å². The molecular weight excluding hydrogens is 408 g/mol. The second-order valence-corrected chi connectivity index (χ2v) is 8.55.